The maximum atomic E-state index is 14.3. The summed E-state index contributed by atoms with van der Waals surface area (Å²) < 4.78 is 27.5. The van der Waals surface area contributed by atoms with E-state index in [-0.39, 0.29) is 40.5 Å². The number of sulfonamides is 1. The van der Waals surface area contributed by atoms with Gasteiger partial charge in [-0.15, -0.1) is 0 Å². The number of ketones is 1. The van der Waals surface area contributed by atoms with Gasteiger partial charge in [-0.05, 0) is 53.1 Å². The van der Waals surface area contributed by atoms with E-state index in [0.29, 0.717) is 13.0 Å². The third-order valence-corrected chi connectivity index (χ3v) is 12.7. The summed E-state index contributed by atoms with van der Waals surface area (Å²) in [5.74, 6) is -2.97. The molecule has 13 nitrogen and oxygen atoms in total. The van der Waals surface area contributed by atoms with Crippen molar-refractivity contribution in [1.29, 1.82) is 0 Å². The highest BCUT2D eigenvalue weighted by molar-refractivity contribution is 7.89. The topological polar surface area (TPSA) is 188 Å². The summed E-state index contributed by atoms with van der Waals surface area (Å²) in [6.45, 7) is 13.5. The molecule has 4 rings (SSSR count). The van der Waals surface area contributed by atoms with Crippen molar-refractivity contribution >= 4 is 39.6 Å². The van der Waals surface area contributed by atoms with Gasteiger partial charge in [0.25, 0.3) is 5.91 Å². The molecule has 0 radical (unpaired) electrons. The molecule has 2 aliphatic carbocycles. The number of urea groups is 1. The number of nitrogens with one attached hydrogen (secondary N) is 3. The molecule has 2 unspecified atom stereocenters. The Morgan fingerprint density at radius 2 is 1.63 bits per heavy atom. The zero-order valence-electron chi connectivity index (χ0n) is 30.0. The largest absolute Gasteiger partial charge is 0.363 e. The molecule has 1 aromatic rings. The molecule has 3 aliphatic rings. The van der Waals surface area contributed by atoms with Crippen molar-refractivity contribution in [3.63, 3.8) is 0 Å². The van der Waals surface area contributed by atoms with Crippen LogP contribution in [-0.2, 0) is 29.2 Å². The number of primary amides is 1. The Kier molecular flexibility index (Phi) is 11.2. The molecule has 0 aromatic heterocycles. The minimum Gasteiger partial charge on any atom is -0.363 e. The van der Waals surface area contributed by atoms with E-state index >= 15 is 0 Å². The number of nitrogens with zero attached hydrogens (tertiary/aromatic N) is 2. The van der Waals surface area contributed by atoms with Crippen LogP contribution < -0.4 is 21.7 Å². The fourth-order valence-electron chi connectivity index (χ4n) is 7.26. The molecule has 14 heteroatoms. The fourth-order valence-corrected chi connectivity index (χ4v) is 8.48. The molecule has 1 heterocycles. The Balaban J connectivity index is 1.50. The third kappa shape index (κ3) is 8.28. The first-order valence-electron chi connectivity index (χ1n) is 17.2. The number of carbonyl (C=O) groups excluding carboxylic acids is 5. The lowest BCUT2D eigenvalue weighted by atomic mass is 9.80. The van der Waals surface area contributed by atoms with Crippen LogP contribution in [0.1, 0.15) is 74.1 Å². The summed E-state index contributed by atoms with van der Waals surface area (Å²) in [5.41, 5.74) is 4.35. The number of hydrogen-bond acceptors (Lipinski definition) is 7. The van der Waals surface area contributed by atoms with Crippen molar-refractivity contribution in [2.24, 2.45) is 40.2 Å². The Hall–Kier alpha value is -3.52. The van der Waals surface area contributed by atoms with E-state index in [2.05, 4.69) is 16.0 Å². The first-order chi connectivity index (χ1) is 22.7. The fraction of sp³-hybridized carbons (Fsp3) is 0.686. The summed E-state index contributed by atoms with van der Waals surface area (Å²) in [4.78, 5) is 68.0. The predicted octanol–water partition coefficient (Wildman–Crippen LogP) is 2.26. The number of benzene rings is 1. The second kappa shape index (κ2) is 14.4. The Labute approximate surface area is 290 Å². The Morgan fingerprint density at radius 3 is 2.14 bits per heavy atom. The van der Waals surface area contributed by atoms with Gasteiger partial charge in [0.1, 0.15) is 12.1 Å². The maximum Gasteiger partial charge on any atom is 0.315 e. The number of piperidine rings is 1. The van der Waals surface area contributed by atoms with Crippen molar-refractivity contribution < 1.29 is 32.4 Å². The summed E-state index contributed by atoms with van der Waals surface area (Å²) >= 11 is 0. The molecule has 1 aromatic carbocycles. The van der Waals surface area contributed by atoms with Crippen LogP contribution in [0.4, 0.5) is 4.79 Å². The number of carbonyl (C=O) groups is 5. The van der Waals surface area contributed by atoms with E-state index in [1.807, 2.05) is 48.5 Å². The van der Waals surface area contributed by atoms with E-state index in [1.165, 1.54) is 28.4 Å². The molecule has 272 valence electrons. The van der Waals surface area contributed by atoms with Crippen molar-refractivity contribution in [2.75, 3.05) is 20.1 Å². The van der Waals surface area contributed by atoms with Crippen LogP contribution in [-0.4, -0.2) is 91.5 Å². The molecule has 5 amide bonds. The minimum atomic E-state index is -3.81. The second-order valence-electron chi connectivity index (χ2n) is 16.1. The summed E-state index contributed by atoms with van der Waals surface area (Å²) in [6.07, 6.45) is 3.15. The van der Waals surface area contributed by atoms with E-state index in [1.54, 1.807) is 18.2 Å². The van der Waals surface area contributed by atoms with Gasteiger partial charge >= 0.3 is 6.03 Å². The Morgan fingerprint density at radius 1 is 1.02 bits per heavy atom. The summed E-state index contributed by atoms with van der Waals surface area (Å²) in [7, 11) is -2.35. The van der Waals surface area contributed by atoms with Crippen LogP contribution in [0, 0.1) is 34.5 Å². The lowest BCUT2D eigenvalue weighted by molar-refractivity contribution is -0.145. The van der Waals surface area contributed by atoms with Crippen molar-refractivity contribution in [3.8, 4) is 0 Å². The first kappa shape index (κ1) is 38.3. The van der Waals surface area contributed by atoms with Gasteiger partial charge in [0.2, 0.25) is 27.6 Å². The number of rotatable bonds is 14. The first-order valence-corrected chi connectivity index (χ1v) is 18.6. The second-order valence-corrected chi connectivity index (χ2v) is 18.1. The lowest BCUT2D eigenvalue weighted by Crippen LogP contribution is -2.62. The van der Waals surface area contributed by atoms with Crippen LogP contribution in [0.5, 0.6) is 0 Å². The molecule has 5 N–H and O–H groups in total. The smallest absolute Gasteiger partial charge is 0.315 e. The van der Waals surface area contributed by atoms with Gasteiger partial charge in [0.05, 0.1) is 10.9 Å². The molecule has 6 atom stereocenters. The van der Waals surface area contributed by atoms with Crippen molar-refractivity contribution in [1.82, 2.24) is 25.2 Å². The van der Waals surface area contributed by atoms with Crippen LogP contribution in [0.3, 0.4) is 0 Å². The highest BCUT2D eigenvalue weighted by Crippen LogP contribution is 2.65. The van der Waals surface area contributed by atoms with Gasteiger partial charge in [0, 0.05) is 26.2 Å². The van der Waals surface area contributed by atoms with E-state index in [4.69, 9.17) is 5.73 Å². The zero-order valence-corrected chi connectivity index (χ0v) is 30.8. The summed E-state index contributed by atoms with van der Waals surface area (Å²) in [5, 5.41) is 8.49. The minimum absolute atomic E-state index is 0.00466. The number of nitrogens with two attached hydrogens (primary N) is 1. The summed E-state index contributed by atoms with van der Waals surface area (Å²) in [6, 6.07) is 3.80. The Bertz CT molecular complexity index is 1540. The standard InChI is InChI=1S/C35H54N6O7S/c1-20(2)25(19-40(8)49(47,48)22-15-10-9-11-16-22)38-33(46)39-29(34(3,4)5)32(45)41-18-23-26(35(23,6)7)27(41)31(44)37-24(28(42)30(36)43)17-21-13-12-14-21/h9-11,15-16,20-21,23-27,29H,12-14,17-19H2,1-8H3,(H2,36,43)(H,37,44)(H2,38,39,46)/t23-,24?,25+,26?,27-,29+/m0/s1. The van der Waals surface area contributed by atoms with Gasteiger partial charge in [-0.2, -0.15) is 4.31 Å². The molecule has 49 heavy (non-hydrogen) atoms. The van der Waals surface area contributed by atoms with Crippen LogP contribution in [0.15, 0.2) is 35.2 Å². The number of likely N-dealkylation sites (tertiary alicyclic amines) is 1. The van der Waals surface area contributed by atoms with Crippen molar-refractivity contribution in [3.05, 3.63) is 30.3 Å². The normalized spacial score (nSPS) is 23.6. The zero-order chi connectivity index (χ0) is 36.6. The van der Waals surface area contributed by atoms with Crippen LogP contribution >= 0.6 is 0 Å². The third-order valence-electron chi connectivity index (χ3n) is 10.8. The van der Waals surface area contributed by atoms with E-state index in [9.17, 15) is 32.4 Å². The van der Waals surface area contributed by atoms with Gasteiger partial charge < -0.3 is 26.6 Å². The van der Waals surface area contributed by atoms with Gasteiger partial charge in [-0.25, -0.2) is 13.2 Å². The SMILES string of the molecule is CC(C)[C@@H](CN(C)S(=O)(=O)c1ccccc1)NC(=O)N[C@H](C(=O)N1C[C@H]2C([C@H]1C(=O)NC(CC1CCC1)C(=O)C(N)=O)C2(C)C)C(C)(C)C. The van der Waals surface area contributed by atoms with Gasteiger partial charge in [0.15, 0.2) is 0 Å². The lowest BCUT2D eigenvalue weighted by Gasteiger charge is -2.38. The van der Waals surface area contributed by atoms with Crippen molar-refractivity contribution in [2.45, 2.75) is 103 Å². The highest BCUT2D eigenvalue weighted by Gasteiger charge is 2.70. The van der Waals surface area contributed by atoms with E-state index < -0.39 is 69.1 Å². The molecule has 1 aliphatic heterocycles. The average molecular weight is 703 g/mol. The molecule has 1 saturated heterocycles. The number of amides is 5. The molecule has 3 fully saturated rings. The number of fused-ring (bicyclic) bond motifs is 1. The monoisotopic (exact) mass is 702 g/mol. The molecule has 2 saturated carbocycles. The highest BCUT2D eigenvalue weighted by atomic mass is 32.2. The molecular formula is C35H54N6O7S. The number of hydrogen-bond donors (Lipinski definition) is 4. The van der Waals surface area contributed by atoms with Gasteiger partial charge in [-0.3, -0.25) is 19.2 Å². The number of Topliss-reactive ketones (excluding diaryl/α,β-unsaturated/α-hetero) is 1. The molecular weight excluding hydrogens is 648 g/mol. The van der Waals surface area contributed by atoms with E-state index in [0.717, 1.165) is 19.3 Å². The van der Waals surface area contributed by atoms with Crippen LogP contribution in [0.2, 0.25) is 0 Å². The number of likely N-dealkylation sites (N-methyl/N-ethyl adjacent to an activating group) is 1. The average Bonchev–Trinajstić information content (AvgIpc) is 3.31. The molecule has 0 bridgehead atoms. The van der Waals surface area contributed by atoms with Crippen LogP contribution in [0.25, 0.3) is 0 Å². The quantitative estimate of drug-likeness (QED) is 0.214. The predicted molar refractivity (Wildman–Crippen MR) is 184 cm³/mol. The maximum absolute atomic E-state index is 14.3. The molecule has 0 spiro atoms. The van der Waals surface area contributed by atoms with Gasteiger partial charge in [-0.1, -0.05) is 85.9 Å².